The van der Waals surface area contributed by atoms with E-state index in [1.54, 1.807) is 6.20 Å². The van der Waals surface area contributed by atoms with E-state index in [0.29, 0.717) is 5.56 Å². The molecule has 0 saturated carbocycles. The number of amides is 1. The Morgan fingerprint density at radius 3 is 2.64 bits per heavy atom. The molecule has 0 aromatic carbocycles. The first-order valence-corrected chi connectivity index (χ1v) is 8.45. The summed E-state index contributed by atoms with van der Waals surface area (Å²) in [6, 6.07) is 1.96. The smallest absolute Gasteiger partial charge is 0.252 e. The van der Waals surface area contributed by atoms with Crippen molar-refractivity contribution < 1.29 is 4.79 Å². The molecule has 1 N–H and O–H groups in total. The summed E-state index contributed by atoms with van der Waals surface area (Å²) in [6.45, 7) is 10.3. The molecule has 0 spiro atoms. The van der Waals surface area contributed by atoms with Gasteiger partial charge in [-0.2, -0.15) is 0 Å². The van der Waals surface area contributed by atoms with Crippen molar-refractivity contribution in [1.29, 1.82) is 0 Å². The molecule has 0 bridgehead atoms. The molecule has 5 nitrogen and oxygen atoms in total. The number of rotatable bonds is 7. The molecule has 1 fully saturated rings. The molecule has 1 aliphatic rings. The van der Waals surface area contributed by atoms with E-state index >= 15 is 0 Å². The van der Waals surface area contributed by atoms with Crippen LogP contribution in [0.1, 0.15) is 43.5 Å². The second kappa shape index (κ2) is 8.73. The SMILES string of the molecule is CCCCCNC(=O)c1cncc(N2CCN(CC)CC2)c1. The highest BCUT2D eigenvalue weighted by Gasteiger charge is 2.17. The Morgan fingerprint density at radius 1 is 1.18 bits per heavy atom. The normalized spacial score (nSPS) is 15.8. The van der Waals surface area contributed by atoms with E-state index in [1.165, 1.54) is 0 Å². The van der Waals surface area contributed by atoms with Crippen LogP contribution in [0.4, 0.5) is 5.69 Å². The average molecular weight is 304 g/mol. The van der Waals surface area contributed by atoms with Crippen molar-refractivity contribution in [2.45, 2.75) is 33.1 Å². The van der Waals surface area contributed by atoms with E-state index in [1.807, 2.05) is 12.3 Å². The zero-order valence-electron chi connectivity index (χ0n) is 13.8. The Bertz CT molecular complexity index is 469. The number of unbranched alkanes of at least 4 members (excludes halogenated alkanes) is 2. The number of hydrogen-bond donors (Lipinski definition) is 1. The number of hydrogen-bond acceptors (Lipinski definition) is 4. The summed E-state index contributed by atoms with van der Waals surface area (Å²) < 4.78 is 0. The third-order valence-electron chi connectivity index (χ3n) is 4.24. The first-order valence-electron chi connectivity index (χ1n) is 8.45. The third kappa shape index (κ3) is 4.70. The molecule has 1 aromatic heterocycles. The highest BCUT2D eigenvalue weighted by molar-refractivity contribution is 5.94. The van der Waals surface area contributed by atoms with Crippen LogP contribution in [0.3, 0.4) is 0 Å². The number of piperazine rings is 1. The standard InChI is InChI=1S/C17H28N4O/c1-3-5-6-7-19-17(22)15-12-16(14-18-13-15)21-10-8-20(4-2)9-11-21/h12-14H,3-11H2,1-2H3,(H,19,22). The topological polar surface area (TPSA) is 48.5 Å². The average Bonchev–Trinajstić information content (AvgIpc) is 2.59. The second-order valence-electron chi connectivity index (χ2n) is 5.82. The first kappa shape index (κ1) is 16.7. The molecule has 0 atom stereocenters. The molecule has 0 aliphatic carbocycles. The lowest BCUT2D eigenvalue weighted by Crippen LogP contribution is -2.46. The van der Waals surface area contributed by atoms with Crippen LogP contribution in [-0.2, 0) is 0 Å². The van der Waals surface area contributed by atoms with Crippen LogP contribution in [0.2, 0.25) is 0 Å². The molecule has 0 unspecified atom stereocenters. The van der Waals surface area contributed by atoms with Gasteiger partial charge in [0, 0.05) is 38.9 Å². The van der Waals surface area contributed by atoms with Gasteiger partial charge in [-0.1, -0.05) is 26.7 Å². The fraction of sp³-hybridized carbons (Fsp3) is 0.647. The van der Waals surface area contributed by atoms with E-state index in [9.17, 15) is 4.79 Å². The monoisotopic (exact) mass is 304 g/mol. The molecule has 2 heterocycles. The van der Waals surface area contributed by atoms with Crippen LogP contribution in [0.15, 0.2) is 18.5 Å². The number of anilines is 1. The van der Waals surface area contributed by atoms with Gasteiger partial charge in [-0.05, 0) is 19.0 Å². The van der Waals surface area contributed by atoms with Gasteiger partial charge in [0.25, 0.3) is 5.91 Å². The van der Waals surface area contributed by atoms with E-state index in [0.717, 1.165) is 64.2 Å². The minimum Gasteiger partial charge on any atom is -0.368 e. The molecular formula is C17H28N4O. The van der Waals surface area contributed by atoms with Crippen molar-refractivity contribution in [2.24, 2.45) is 0 Å². The number of pyridine rings is 1. The molecule has 122 valence electrons. The van der Waals surface area contributed by atoms with Crippen molar-refractivity contribution in [1.82, 2.24) is 15.2 Å². The zero-order valence-corrected chi connectivity index (χ0v) is 13.8. The van der Waals surface area contributed by atoms with Crippen LogP contribution in [0.5, 0.6) is 0 Å². The maximum absolute atomic E-state index is 12.2. The second-order valence-corrected chi connectivity index (χ2v) is 5.82. The molecule has 5 heteroatoms. The van der Waals surface area contributed by atoms with Gasteiger partial charge in [0.05, 0.1) is 17.4 Å². The molecule has 0 radical (unpaired) electrons. The molecule has 1 aromatic rings. The minimum absolute atomic E-state index is 0.0161. The van der Waals surface area contributed by atoms with Gasteiger partial charge in [-0.3, -0.25) is 9.78 Å². The minimum atomic E-state index is -0.0161. The Kier molecular flexibility index (Phi) is 6.65. The number of likely N-dealkylation sites (N-methyl/N-ethyl adjacent to an activating group) is 1. The van der Waals surface area contributed by atoms with Gasteiger partial charge < -0.3 is 15.1 Å². The molecule has 1 saturated heterocycles. The lowest BCUT2D eigenvalue weighted by molar-refractivity contribution is 0.0952. The Balaban J connectivity index is 1.91. The lowest BCUT2D eigenvalue weighted by Gasteiger charge is -2.35. The van der Waals surface area contributed by atoms with Gasteiger partial charge in [0.15, 0.2) is 0 Å². The quantitative estimate of drug-likeness (QED) is 0.784. The van der Waals surface area contributed by atoms with Gasteiger partial charge in [-0.15, -0.1) is 0 Å². The first-order chi connectivity index (χ1) is 10.7. The van der Waals surface area contributed by atoms with Crippen LogP contribution in [-0.4, -0.2) is 55.1 Å². The van der Waals surface area contributed by atoms with Gasteiger partial charge in [0.2, 0.25) is 0 Å². The fourth-order valence-corrected chi connectivity index (χ4v) is 2.73. The van der Waals surface area contributed by atoms with E-state index in [2.05, 4.69) is 33.9 Å². The van der Waals surface area contributed by atoms with Crippen molar-refractivity contribution in [3.63, 3.8) is 0 Å². The summed E-state index contributed by atoms with van der Waals surface area (Å²) in [6.07, 6.45) is 6.86. The largest absolute Gasteiger partial charge is 0.368 e. The number of nitrogens with one attached hydrogen (secondary N) is 1. The predicted molar refractivity (Wildman–Crippen MR) is 90.4 cm³/mol. The summed E-state index contributed by atoms with van der Waals surface area (Å²) >= 11 is 0. The van der Waals surface area contributed by atoms with Crippen molar-refractivity contribution in [3.05, 3.63) is 24.0 Å². The Labute approximate surface area is 133 Å². The van der Waals surface area contributed by atoms with Gasteiger partial charge in [0.1, 0.15) is 0 Å². The fourth-order valence-electron chi connectivity index (χ4n) is 2.73. The summed E-state index contributed by atoms with van der Waals surface area (Å²) in [5.41, 5.74) is 1.71. The van der Waals surface area contributed by atoms with Crippen LogP contribution >= 0.6 is 0 Å². The van der Waals surface area contributed by atoms with Crippen molar-refractivity contribution in [2.75, 3.05) is 44.2 Å². The van der Waals surface area contributed by atoms with Gasteiger partial charge in [-0.25, -0.2) is 0 Å². The molecule has 22 heavy (non-hydrogen) atoms. The van der Waals surface area contributed by atoms with Crippen LogP contribution in [0, 0.1) is 0 Å². The molecule has 1 amide bonds. The maximum Gasteiger partial charge on any atom is 0.252 e. The molecular weight excluding hydrogens is 276 g/mol. The molecule has 2 rings (SSSR count). The summed E-state index contributed by atoms with van der Waals surface area (Å²) in [4.78, 5) is 21.2. The lowest BCUT2D eigenvalue weighted by atomic mass is 10.2. The summed E-state index contributed by atoms with van der Waals surface area (Å²) in [7, 11) is 0. The third-order valence-corrected chi connectivity index (χ3v) is 4.24. The van der Waals surface area contributed by atoms with Crippen molar-refractivity contribution in [3.8, 4) is 0 Å². The number of aromatic nitrogens is 1. The van der Waals surface area contributed by atoms with Crippen LogP contribution in [0.25, 0.3) is 0 Å². The highest BCUT2D eigenvalue weighted by Crippen LogP contribution is 2.16. The number of carbonyl (C=O) groups is 1. The number of nitrogens with zero attached hydrogens (tertiary/aromatic N) is 3. The zero-order chi connectivity index (χ0) is 15.8. The predicted octanol–water partition coefficient (Wildman–Crippen LogP) is 2.14. The van der Waals surface area contributed by atoms with Gasteiger partial charge >= 0.3 is 0 Å². The van der Waals surface area contributed by atoms with E-state index < -0.39 is 0 Å². The Hall–Kier alpha value is -1.62. The summed E-state index contributed by atoms with van der Waals surface area (Å²) in [5.74, 6) is -0.0161. The Morgan fingerprint density at radius 2 is 1.95 bits per heavy atom. The summed E-state index contributed by atoms with van der Waals surface area (Å²) in [5, 5.41) is 2.97. The van der Waals surface area contributed by atoms with Crippen LogP contribution < -0.4 is 10.2 Å². The highest BCUT2D eigenvalue weighted by atomic mass is 16.1. The number of carbonyl (C=O) groups excluding carboxylic acids is 1. The van der Waals surface area contributed by atoms with E-state index in [-0.39, 0.29) is 5.91 Å². The maximum atomic E-state index is 12.2. The van der Waals surface area contributed by atoms with E-state index in [4.69, 9.17) is 0 Å². The molecule has 1 aliphatic heterocycles. The van der Waals surface area contributed by atoms with Crippen molar-refractivity contribution >= 4 is 11.6 Å².